The molecule has 0 amide bonds. The first-order chi connectivity index (χ1) is 11.4. The minimum atomic E-state index is -3.35. The van der Waals surface area contributed by atoms with Crippen molar-refractivity contribution in [3.8, 4) is 0 Å². The molecule has 1 aliphatic carbocycles. The number of anilines is 1. The van der Waals surface area contributed by atoms with Gasteiger partial charge >= 0.3 is 0 Å². The third kappa shape index (κ3) is 3.41. The Morgan fingerprint density at radius 3 is 2.62 bits per heavy atom. The molecular weight excluding hydrogens is 328 g/mol. The number of aryl methyl sites for hydroxylation is 1. The number of ether oxygens (including phenoxy) is 1. The molecule has 0 unspecified atom stereocenters. The molecule has 3 rings (SSSR count). The van der Waals surface area contributed by atoms with Gasteiger partial charge in [0, 0.05) is 32.4 Å². The third-order valence-corrected chi connectivity index (χ3v) is 7.15. The lowest BCUT2D eigenvalue weighted by atomic mass is 10.2. The van der Waals surface area contributed by atoms with Gasteiger partial charge in [0.25, 0.3) is 0 Å². The summed E-state index contributed by atoms with van der Waals surface area (Å²) in [6.45, 7) is 3.01. The maximum atomic E-state index is 13.1. The van der Waals surface area contributed by atoms with Gasteiger partial charge < -0.3 is 9.64 Å². The Hall–Kier alpha value is -1.25. The number of nitrogens with zero attached hydrogens (tertiary/aromatic N) is 4. The normalized spacial score (nSPS) is 23.5. The number of rotatable bonds is 4. The van der Waals surface area contributed by atoms with Crippen molar-refractivity contribution < 1.29 is 13.2 Å². The van der Waals surface area contributed by atoms with E-state index in [0.29, 0.717) is 25.6 Å². The fourth-order valence-corrected chi connectivity index (χ4v) is 5.58. The molecule has 7 nitrogen and oxygen atoms in total. The third-order valence-electron chi connectivity index (χ3n) is 4.74. The Kier molecular flexibility index (Phi) is 5.08. The minimum Gasteiger partial charge on any atom is -0.378 e. The second kappa shape index (κ2) is 6.93. The van der Waals surface area contributed by atoms with Gasteiger partial charge in [0.15, 0.2) is 5.82 Å². The van der Waals surface area contributed by atoms with Gasteiger partial charge in [-0.15, -0.1) is 0 Å². The van der Waals surface area contributed by atoms with E-state index >= 15 is 0 Å². The molecule has 1 aromatic heterocycles. The van der Waals surface area contributed by atoms with Crippen LogP contribution in [-0.2, 0) is 14.8 Å². The lowest BCUT2D eigenvalue weighted by Crippen LogP contribution is -2.47. The molecule has 24 heavy (non-hydrogen) atoms. The van der Waals surface area contributed by atoms with Gasteiger partial charge in [-0.25, -0.2) is 18.4 Å². The Balaban J connectivity index is 1.95. The largest absolute Gasteiger partial charge is 0.378 e. The van der Waals surface area contributed by atoms with Gasteiger partial charge in [-0.05, 0) is 19.8 Å². The predicted octanol–water partition coefficient (Wildman–Crippen LogP) is 1.50. The van der Waals surface area contributed by atoms with E-state index in [1.807, 2.05) is 32.0 Å². The first kappa shape index (κ1) is 17.6. The summed E-state index contributed by atoms with van der Waals surface area (Å²) in [5.41, 5.74) is 0.826. The van der Waals surface area contributed by atoms with Crippen LogP contribution in [-0.4, -0.2) is 61.8 Å². The molecule has 0 aromatic carbocycles. The second-order valence-electron chi connectivity index (χ2n) is 6.77. The Morgan fingerprint density at radius 1 is 1.25 bits per heavy atom. The van der Waals surface area contributed by atoms with Crippen LogP contribution in [0.25, 0.3) is 0 Å². The van der Waals surface area contributed by atoms with E-state index in [-0.39, 0.29) is 5.25 Å². The molecule has 1 saturated heterocycles. The van der Waals surface area contributed by atoms with Crippen molar-refractivity contribution in [2.45, 2.75) is 43.9 Å². The molecular formula is C16H26N4O3S. The van der Waals surface area contributed by atoms with Crippen LogP contribution in [0.4, 0.5) is 5.82 Å². The molecule has 1 aliphatic heterocycles. The van der Waals surface area contributed by atoms with Crippen LogP contribution < -0.4 is 4.90 Å². The Bertz CT molecular complexity index is 687. The highest BCUT2D eigenvalue weighted by molar-refractivity contribution is 7.89. The van der Waals surface area contributed by atoms with E-state index in [4.69, 9.17) is 4.74 Å². The number of aromatic nitrogens is 2. The van der Waals surface area contributed by atoms with Gasteiger partial charge in [0.2, 0.25) is 10.0 Å². The Morgan fingerprint density at radius 2 is 1.96 bits per heavy atom. The SMILES string of the molecule is Cc1cc(N(C)C)nc([C@@H]2COCCN2S(=O)(=O)C2CCCC2)n1. The van der Waals surface area contributed by atoms with Gasteiger partial charge in [0.05, 0.1) is 18.5 Å². The van der Waals surface area contributed by atoms with E-state index < -0.39 is 16.1 Å². The molecule has 0 N–H and O–H groups in total. The maximum absolute atomic E-state index is 13.1. The first-order valence-corrected chi connectivity index (χ1v) is 10.0. The first-order valence-electron chi connectivity index (χ1n) is 8.51. The summed E-state index contributed by atoms with van der Waals surface area (Å²) in [6.07, 6.45) is 3.49. The fraction of sp³-hybridized carbons (Fsp3) is 0.750. The molecule has 134 valence electrons. The highest BCUT2D eigenvalue weighted by atomic mass is 32.2. The van der Waals surface area contributed by atoms with E-state index in [2.05, 4.69) is 9.97 Å². The number of hydrogen-bond acceptors (Lipinski definition) is 6. The van der Waals surface area contributed by atoms with Crippen LogP contribution in [0.2, 0.25) is 0 Å². The summed E-state index contributed by atoms with van der Waals surface area (Å²) in [4.78, 5) is 11.0. The van der Waals surface area contributed by atoms with Gasteiger partial charge in [-0.1, -0.05) is 12.8 Å². The van der Waals surface area contributed by atoms with Gasteiger partial charge in [0.1, 0.15) is 11.9 Å². The quantitative estimate of drug-likeness (QED) is 0.816. The molecule has 0 spiro atoms. The molecule has 8 heteroatoms. The molecule has 1 atom stereocenters. The lowest BCUT2D eigenvalue weighted by Gasteiger charge is -2.35. The summed E-state index contributed by atoms with van der Waals surface area (Å²) >= 11 is 0. The van der Waals surface area contributed by atoms with Crippen LogP contribution in [0.1, 0.15) is 43.2 Å². The van der Waals surface area contributed by atoms with Crippen molar-refractivity contribution in [3.63, 3.8) is 0 Å². The summed E-state index contributed by atoms with van der Waals surface area (Å²) in [6, 6.07) is 1.45. The summed E-state index contributed by atoms with van der Waals surface area (Å²) in [5, 5.41) is -0.267. The van der Waals surface area contributed by atoms with Crippen molar-refractivity contribution in [1.82, 2.24) is 14.3 Å². The maximum Gasteiger partial charge on any atom is 0.217 e. The summed E-state index contributed by atoms with van der Waals surface area (Å²) < 4.78 is 33.3. The van der Waals surface area contributed by atoms with Crippen molar-refractivity contribution in [2.24, 2.45) is 0 Å². The molecule has 0 radical (unpaired) electrons. The van der Waals surface area contributed by atoms with E-state index in [0.717, 1.165) is 37.2 Å². The van der Waals surface area contributed by atoms with E-state index in [1.165, 1.54) is 0 Å². The van der Waals surface area contributed by atoms with Crippen LogP contribution in [0.5, 0.6) is 0 Å². The monoisotopic (exact) mass is 354 g/mol. The number of sulfonamides is 1. The summed E-state index contributed by atoms with van der Waals surface area (Å²) in [7, 11) is 0.480. The fourth-order valence-electron chi connectivity index (χ4n) is 3.43. The smallest absolute Gasteiger partial charge is 0.217 e. The van der Waals surface area contributed by atoms with Crippen LogP contribution in [0.15, 0.2) is 6.07 Å². The molecule has 1 saturated carbocycles. The average Bonchev–Trinajstić information content (AvgIpc) is 3.09. The van der Waals surface area contributed by atoms with Crippen LogP contribution >= 0.6 is 0 Å². The number of morpholine rings is 1. The van der Waals surface area contributed by atoms with Crippen molar-refractivity contribution >= 4 is 15.8 Å². The van der Waals surface area contributed by atoms with Crippen LogP contribution in [0, 0.1) is 6.92 Å². The minimum absolute atomic E-state index is 0.267. The topological polar surface area (TPSA) is 75.6 Å². The zero-order valence-corrected chi connectivity index (χ0v) is 15.4. The van der Waals surface area contributed by atoms with Crippen LogP contribution in [0.3, 0.4) is 0 Å². The zero-order chi connectivity index (χ0) is 17.3. The van der Waals surface area contributed by atoms with E-state index in [1.54, 1.807) is 4.31 Å². The second-order valence-corrected chi connectivity index (χ2v) is 8.94. The average molecular weight is 354 g/mol. The van der Waals surface area contributed by atoms with Crippen molar-refractivity contribution in [3.05, 3.63) is 17.6 Å². The Labute approximate surface area is 144 Å². The standard InChI is InChI=1S/C16H26N4O3S/c1-12-10-15(19(2)3)18-16(17-12)14-11-23-9-8-20(14)24(21,22)13-6-4-5-7-13/h10,13-14H,4-9,11H2,1-3H3/t14-/m0/s1. The predicted molar refractivity (Wildman–Crippen MR) is 92.5 cm³/mol. The van der Waals surface area contributed by atoms with E-state index in [9.17, 15) is 8.42 Å². The molecule has 2 aliphatic rings. The molecule has 2 fully saturated rings. The highest BCUT2D eigenvalue weighted by Gasteiger charge is 2.41. The van der Waals surface area contributed by atoms with Gasteiger partial charge in [-0.2, -0.15) is 4.31 Å². The molecule has 2 heterocycles. The highest BCUT2D eigenvalue weighted by Crippen LogP contribution is 2.33. The van der Waals surface area contributed by atoms with Gasteiger partial charge in [-0.3, -0.25) is 0 Å². The molecule has 1 aromatic rings. The lowest BCUT2D eigenvalue weighted by molar-refractivity contribution is 0.0285. The molecule has 0 bridgehead atoms. The number of hydrogen-bond donors (Lipinski definition) is 0. The van der Waals surface area contributed by atoms with Crippen molar-refractivity contribution in [1.29, 1.82) is 0 Å². The zero-order valence-electron chi connectivity index (χ0n) is 14.6. The summed E-state index contributed by atoms with van der Waals surface area (Å²) in [5.74, 6) is 1.31. The van der Waals surface area contributed by atoms with Crippen molar-refractivity contribution in [2.75, 3.05) is 38.8 Å².